The van der Waals surface area contributed by atoms with Gasteiger partial charge in [-0.2, -0.15) is 0 Å². The molecule has 0 aliphatic rings. The highest BCUT2D eigenvalue weighted by atomic mass is 33.1. The van der Waals surface area contributed by atoms with Crippen molar-refractivity contribution in [3.05, 3.63) is 0 Å². The Labute approximate surface area is 65.6 Å². The molecule has 0 rings (SSSR count). The molecule has 56 valence electrons. The SMILES string of the molecule is CCC(C)(C)SSCN. The lowest BCUT2D eigenvalue weighted by molar-refractivity contribution is 0.690. The summed E-state index contributed by atoms with van der Waals surface area (Å²) in [7, 11) is 3.60. The molecule has 0 bridgehead atoms. The van der Waals surface area contributed by atoms with Crippen LogP contribution in [0.2, 0.25) is 0 Å². The van der Waals surface area contributed by atoms with Crippen molar-refractivity contribution in [2.45, 2.75) is 31.9 Å². The standard InChI is InChI=1S/C6H15NS2/c1-4-6(2,3)9-8-5-7/h4-5,7H2,1-3H3. The van der Waals surface area contributed by atoms with Crippen LogP contribution in [-0.2, 0) is 0 Å². The molecule has 9 heavy (non-hydrogen) atoms. The minimum Gasteiger partial charge on any atom is -0.321 e. The van der Waals surface area contributed by atoms with Gasteiger partial charge in [-0.15, -0.1) is 0 Å². The van der Waals surface area contributed by atoms with Crippen LogP contribution in [0, 0.1) is 0 Å². The van der Waals surface area contributed by atoms with Crippen LogP contribution in [0.3, 0.4) is 0 Å². The summed E-state index contributed by atoms with van der Waals surface area (Å²) in [6.07, 6.45) is 1.20. The van der Waals surface area contributed by atoms with Crippen molar-refractivity contribution in [1.29, 1.82) is 0 Å². The van der Waals surface area contributed by atoms with E-state index in [-0.39, 0.29) is 0 Å². The van der Waals surface area contributed by atoms with Gasteiger partial charge in [0.15, 0.2) is 0 Å². The summed E-state index contributed by atoms with van der Waals surface area (Å²) in [5.74, 6) is 0.716. The molecule has 3 heteroatoms. The Kier molecular flexibility index (Phi) is 4.80. The molecule has 0 saturated heterocycles. The predicted molar refractivity (Wildman–Crippen MR) is 48.6 cm³/mol. The van der Waals surface area contributed by atoms with E-state index in [9.17, 15) is 0 Å². The lowest BCUT2D eigenvalue weighted by Crippen LogP contribution is -2.11. The molecule has 0 aliphatic heterocycles. The Morgan fingerprint density at radius 2 is 2.00 bits per heavy atom. The normalized spacial score (nSPS) is 12.0. The van der Waals surface area contributed by atoms with Gasteiger partial charge in [-0.1, -0.05) is 28.5 Å². The van der Waals surface area contributed by atoms with Crippen molar-refractivity contribution in [1.82, 2.24) is 0 Å². The summed E-state index contributed by atoms with van der Waals surface area (Å²) < 4.78 is 0.393. The highest BCUT2D eigenvalue weighted by molar-refractivity contribution is 8.77. The molecule has 0 saturated carbocycles. The molecule has 0 radical (unpaired) electrons. The van der Waals surface area contributed by atoms with E-state index in [1.807, 2.05) is 10.8 Å². The Bertz CT molecular complexity index is 73.5. The van der Waals surface area contributed by atoms with Crippen molar-refractivity contribution in [3.8, 4) is 0 Å². The van der Waals surface area contributed by atoms with Gasteiger partial charge in [0, 0.05) is 10.6 Å². The molecule has 0 aliphatic carbocycles. The largest absolute Gasteiger partial charge is 0.321 e. The topological polar surface area (TPSA) is 26.0 Å². The molecule has 0 spiro atoms. The first kappa shape index (κ1) is 9.66. The van der Waals surface area contributed by atoms with Gasteiger partial charge in [-0.05, 0) is 20.3 Å². The van der Waals surface area contributed by atoms with E-state index >= 15 is 0 Å². The van der Waals surface area contributed by atoms with Gasteiger partial charge < -0.3 is 5.73 Å². The third-order valence-corrected chi connectivity index (χ3v) is 4.31. The maximum absolute atomic E-state index is 5.33. The first-order valence-electron chi connectivity index (χ1n) is 3.13. The zero-order valence-electron chi connectivity index (χ0n) is 6.31. The Morgan fingerprint density at radius 1 is 1.44 bits per heavy atom. The van der Waals surface area contributed by atoms with Crippen molar-refractivity contribution in [2.75, 3.05) is 5.88 Å². The van der Waals surface area contributed by atoms with E-state index in [1.54, 1.807) is 10.8 Å². The molecule has 0 aromatic heterocycles. The zero-order valence-corrected chi connectivity index (χ0v) is 7.94. The quantitative estimate of drug-likeness (QED) is 0.512. The Hall–Kier alpha value is 0.660. The van der Waals surface area contributed by atoms with Crippen LogP contribution in [0.15, 0.2) is 0 Å². The minimum atomic E-state index is 0.393. The van der Waals surface area contributed by atoms with Crippen molar-refractivity contribution in [2.24, 2.45) is 5.73 Å². The molecule has 0 amide bonds. The zero-order chi connectivity index (χ0) is 7.33. The first-order valence-corrected chi connectivity index (χ1v) is 5.45. The van der Waals surface area contributed by atoms with Crippen molar-refractivity contribution >= 4 is 21.6 Å². The van der Waals surface area contributed by atoms with Crippen LogP contribution in [-0.4, -0.2) is 10.6 Å². The van der Waals surface area contributed by atoms with E-state index in [2.05, 4.69) is 20.8 Å². The van der Waals surface area contributed by atoms with Crippen LogP contribution < -0.4 is 5.73 Å². The van der Waals surface area contributed by atoms with Crippen LogP contribution in [0.1, 0.15) is 27.2 Å². The fraction of sp³-hybridized carbons (Fsp3) is 1.00. The maximum Gasteiger partial charge on any atom is 0.0498 e. The summed E-state index contributed by atoms with van der Waals surface area (Å²) in [4.78, 5) is 0. The third-order valence-electron chi connectivity index (χ3n) is 1.20. The predicted octanol–water partition coefficient (Wildman–Crippen LogP) is 2.47. The molecule has 1 nitrogen and oxygen atoms in total. The van der Waals surface area contributed by atoms with Gasteiger partial charge in [-0.3, -0.25) is 0 Å². The van der Waals surface area contributed by atoms with Gasteiger partial charge in [0.2, 0.25) is 0 Å². The molecule has 0 atom stereocenters. The molecular formula is C6H15NS2. The number of rotatable bonds is 4. The molecular weight excluding hydrogens is 150 g/mol. The lowest BCUT2D eigenvalue weighted by atomic mass is 10.1. The number of hydrogen-bond acceptors (Lipinski definition) is 3. The maximum atomic E-state index is 5.33. The summed E-state index contributed by atoms with van der Waals surface area (Å²) >= 11 is 0. The fourth-order valence-corrected chi connectivity index (χ4v) is 2.27. The van der Waals surface area contributed by atoms with Crippen LogP contribution in [0.4, 0.5) is 0 Å². The molecule has 0 aromatic rings. The summed E-state index contributed by atoms with van der Waals surface area (Å²) in [5, 5.41) is 0. The molecule has 0 unspecified atom stereocenters. The fourth-order valence-electron chi connectivity index (χ4n) is 0.252. The number of nitrogens with two attached hydrogens (primary N) is 1. The smallest absolute Gasteiger partial charge is 0.0498 e. The summed E-state index contributed by atoms with van der Waals surface area (Å²) in [5.41, 5.74) is 5.33. The second kappa shape index (κ2) is 4.47. The van der Waals surface area contributed by atoms with E-state index in [1.165, 1.54) is 6.42 Å². The van der Waals surface area contributed by atoms with E-state index < -0.39 is 0 Å². The van der Waals surface area contributed by atoms with Gasteiger partial charge in [-0.25, -0.2) is 0 Å². The van der Waals surface area contributed by atoms with Gasteiger partial charge in [0.25, 0.3) is 0 Å². The molecule has 0 fully saturated rings. The Balaban J connectivity index is 3.33. The Morgan fingerprint density at radius 3 is 2.33 bits per heavy atom. The second-order valence-corrected chi connectivity index (χ2v) is 5.53. The highest BCUT2D eigenvalue weighted by Crippen LogP contribution is 2.36. The monoisotopic (exact) mass is 165 g/mol. The van der Waals surface area contributed by atoms with Crippen molar-refractivity contribution in [3.63, 3.8) is 0 Å². The third kappa shape index (κ3) is 5.12. The van der Waals surface area contributed by atoms with Gasteiger partial charge >= 0.3 is 0 Å². The van der Waals surface area contributed by atoms with Crippen LogP contribution >= 0.6 is 21.6 Å². The second-order valence-electron chi connectivity index (χ2n) is 2.48. The summed E-state index contributed by atoms with van der Waals surface area (Å²) in [6.45, 7) is 6.67. The van der Waals surface area contributed by atoms with Crippen molar-refractivity contribution < 1.29 is 0 Å². The van der Waals surface area contributed by atoms with E-state index in [0.29, 0.717) is 10.6 Å². The molecule has 2 N–H and O–H groups in total. The summed E-state index contributed by atoms with van der Waals surface area (Å²) in [6, 6.07) is 0. The average molecular weight is 165 g/mol. The molecule has 0 heterocycles. The van der Waals surface area contributed by atoms with E-state index in [4.69, 9.17) is 5.73 Å². The first-order chi connectivity index (χ1) is 4.12. The van der Waals surface area contributed by atoms with Crippen LogP contribution in [0.5, 0.6) is 0 Å². The van der Waals surface area contributed by atoms with E-state index in [0.717, 1.165) is 0 Å². The lowest BCUT2D eigenvalue weighted by Gasteiger charge is -2.19. The highest BCUT2D eigenvalue weighted by Gasteiger charge is 2.14. The van der Waals surface area contributed by atoms with Gasteiger partial charge in [0.05, 0.1) is 0 Å². The van der Waals surface area contributed by atoms with Crippen LogP contribution in [0.25, 0.3) is 0 Å². The minimum absolute atomic E-state index is 0.393. The van der Waals surface area contributed by atoms with Gasteiger partial charge in [0.1, 0.15) is 0 Å². The average Bonchev–Trinajstić information content (AvgIpc) is 1.84. The number of hydrogen-bond donors (Lipinski definition) is 1. The molecule has 0 aromatic carbocycles.